The maximum Gasteiger partial charge on any atom is 0.230 e. The van der Waals surface area contributed by atoms with Crippen molar-refractivity contribution in [2.24, 2.45) is 5.92 Å². The van der Waals surface area contributed by atoms with Crippen LogP contribution in [-0.4, -0.2) is 32.3 Å². The second-order valence-corrected chi connectivity index (χ2v) is 8.28. The normalized spacial score (nSPS) is 20.5. The Morgan fingerprint density at radius 3 is 2.81 bits per heavy atom. The SMILES string of the molecule is Cc1cc2nnc(SCC(=O)NC3CCC(C)CC3)n2c2ccccc12. The molecule has 3 aromatic rings. The van der Waals surface area contributed by atoms with Crippen LogP contribution < -0.4 is 5.32 Å². The molecule has 6 heteroatoms. The Hall–Kier alpha value is -2.08. The minimum absolute atomic E-state index is 0.0859. The molecule has 1 fully saturated rings. The highest BCUT2D eigenvalue weighted by molar-refractivity contribution is 7.99. The van der Waals surface area contributed by atoms with Gasteiger partial charge in [-0.25, -0.2) is 0 Å². The van der Waals surface area contributed by atoms with E-state index in [1.54, 1.807) is 0 Å². The summed E-state index contributed by atoms with van der Waals surface area (Å²) >= 11 is 1.45. The number of nitrogens with zero attached hydrogens (tertiary/aromatic N) is 3. The van der Waals surface area contributed by atoms with Crippen molar-refractivity contribution in [1.29, 1.82) is 0 Å². The molecule has 1 N–H and O–H groups in total. The molecular formula is C20H24N4OS. The number of fused-ring (bicyclic) bond motifs is 3. The zero-order valence-electron chi connectivity index (χ0n) is 15.2. The van der Waals surface area contributed by atoms with Crippen molar-refractivity contribution in [3.63, 3.8) is 0 Å². The van der Waals surface area contributed by atoms with Crippen molar-refractivity contribution in [2.75, 3.05) is 5.75 Å². The summed E-state index contributed by atoms with van der Waals surface area (Å²) in [6, 6.07) is 10.6. The topological polar surface area (TPSA) is 59.3 Å². The Balaban J connectivity index is 1.49. The summed E-state index contributed by atoms with van der Waals surface area (Å²) in [6.45, 7) is 4.37. The lowest BCUT2D eigenvalue weighted by Gasteiger charge is -2.26. The summed E-state index contributed by atoms with van der Waals surface area (Å²) in [5.41, 5.74) is 3.09. The number of benzene rings is 1. The number of rotatable bonds is 4. The average Bonchev–Trinajstić information content (AvgIpc) is 3.05. The lowest BCUT2D eigenvalue weighted by molar-refractivity contribution is -0.119. The molecule has 0 radical (unpaired) electrons. The fourth-order valence-electron chi connectivity index (χ4n) is 3.77. The summed E-state index contributed by atoms with van der Waals surface area (Å²) in [7, 11) is 0. The maximum atomic E-state index is 12.4. The van der Waals surface area contributed by atoms with Crippen LogP contribution >= 0.6 is 11.8 Å². The van der Waals surface area contributed by atoms with E-state index in [0.717, 1.165) is 35.1 Å². The molecule has 5 nitrogen and oxygen atoms in total. The molecule has 2 heterocycles. The molecule has 0 bridgehead atoms. The van der Waals surface area contributed by atoms with Gasteiger partial charge in [-0.2, -0.15) is 0 Å². The van der Waals surface area contributed by atoms with Crippen LogP contribution in [0.15, 0.2) is 35.5 Å². The molecule has 1 aliphatic rings. The fraction of sp³-hybridized carbons (Fsp3) is 0.450. The smallest absolute Gasteiger partial charge is 0.230 e. The molecule has 1 aromatic carbocycles. The molecule has 4 rings (SSSR count). The first-order chi connectivity index (χ1) is 12.6. The van der Waals surface area contributed by atoms with Crippen molar-refractivity contribution in [3.05, 3.63) is 35.9 Å². The highest BCUT2D eigenvalue weighted by atomic mass is 32.2. The monoisotopic (exact) mass is 368 g/mol. The standard InChI is InChI=1S/C20H24N4OS/c1-13-7-9-15(10-8-13)21-19(25)12-26-20-23-22-18-11-14(2)16-5-3-4-6-17(16)24(18)20/h3-6,11,13,15H,7-10,12H2,1-2H3,(H,21,25). The summed E-state index contributed by atoms with van der Waals surface area (Å²) < 4.78 is 2.04. The van der Waals surface area contributed by atoms with Gasteiger partial charge in [0, 0.05) is 11.4 Å². The van der Waals surface area contributed by atoms with Gasteiger partial charge in [-0.05, 0) is 56.2 Å². The molecular weight excluding hydrogens is 344 g/mol. The van der Waals surface area contributed by atoms with Crippen molar-refractivity contribution >= 4 is 34.2 Å². The fourth-order valence-corrected chi connectivity index (χ4v) is 4.54. The number of hydrogen-bond acceptors (Lipinski definition) is 4. The van der Waals surface area contributed by atoms with Gasteiger partial charge in [-0.1, -0.05) is 36.9 Å². The van der Waals surface area contributed by atoms with Crippen LogP contribution in [0.4, 0.5) is 0 Å². The number of thioether (sulfide) groups is 1. The molecule has 0 atom stereocenters. The van der Waals surface area contributed by atoms with Gasteiger partial charge in [0.2, 0.25) is 5.91 Å². The summed E-state index contributed by atoms with van der Waals surface area (Å²) in [5.74, 6) is 1.24. The number of hydrogen-bond donors (Lipinski definition) is 1. The number of amides is 1. The summed E-state index contributed by atoms with van der Waals surface area (Å²) in [6.07, 6.45) is 4.60. The third-order valence-electron chi connectivity index (χ3n) is 5.29. The second kappa shape index (κ2) is 7.27. The number of para-hydroxylation sites is 1. The van der Waals surface area contributed by atoms with E-state index < -0.39 is 0 Å². The number of pyridine rings is 1. The van der Waals surface area contributed by atoms with Gasteiger partial charge in [0.1, 0.15) is 0 Å². The van der Waals surface area contributed by atoms with Gasteiger partial charge in [-0.3, -0.25) is 9.20 Å². The zero-order chi connectivity index (χ0) is 18.1. The largest absolute Gasteiger partial charge is 0.353 e. The van der Waals surface area contributed by atoms with E-state index in [0.29, 0.717) is 11.8 Å². The molecule has 1 amide bonds. The van der Waals surface area contributed by atoms with Gasteiger partial charge in [-0.15, -0.1) is 10.2 Å². The Morgan fingerprint density at radius 2 is 2.00 bits per heavy atom. The first kappa shape index (κ1) is 17.3. The van der Waals surface area contributed by atoms with Gasteiger partial charge in [0.25, 0.3) is 0 Å². The Labute approximate surface area is 157 Å². The number of aryl methyl sites for hydroxylation is 1. The van der Waals surface area contributed by atoms with Gasteiger partial charge in [0.15, 0.2) is 10.8 Å². The van der Waals surface area contributed by atoms with Crippen molar-refractivity contribution in [1.82, 2.24) is 19.9 Å². The second-order valence-electron chi connectivity index (χ2n) is 7.33. The van der Waals surface area contributed by atoms with Crippen LogP contribution in [0, 0.1) is 12.8 Å². The number of carbonyl (C=O) groups excluding carboxylic acids is 1. The predicted octanol–water partition coefficient (Wildman–Crippen LogP) is 3.98. The first-order valence-corrected chi connectivity index (χ1v) is 10.3. The molecule has 0 spiro atoms. The van der Waals surface area contributed by atoms with Crippen molar-refractivity contribution < 1.29 is 4.79 Å². The lowest BCUT2D eigenvalue weighted by Crippen LogP contribution is -2.38. The van der Waals surface area contributed by atoms with E-state index in [1.807, 2.05) is 22.6 Å². The number of carbonyl (C=O) groups is 1. The molecule has 136 valence electrons. The van der Waals surface area contributed by atoms with Crippen molar-refractivity contribution in [2.45, 2.75) is 50.7 Å². The third-order valence-corrected chi connectivity index (χ3v) is 6.22. The number of aromatic nitrogens is 3. The van der Waals surface area contributed by atoms with Gasteiger partial charge >= 0.3 is 0 Å². The highest BCUT2D eigenvalue weighted by Gasteiger charge is 2.20. The molecule has 2 aromatic heterocycles. The summed E-state index contributed by atoms with van der Waals surface area (Å²) in [5, 5.41) is 13.7. The van der Waals surface area contributed by atoms with Crippen molar-refractivity contribution in [3.8, 4) is 0 Å². The predicted molar refractivity (Wildman–Crippen MR) is 106 cm³/mol. The van der Waals surface area contributed by atoms with E-state index in [1.165, 1.54) is 35.6 Å². The van der Waals surface area contributed by atoms with Crippen LogP contribution in [0.5, 0.6) is 0 Å². The molecule has 0 saturated heterocycles. The van der Waals surface area contributed by atoms with Crippen LogP contribution in [-0.2, 0) is 4.79 Å². The highest BCUT2D eigenvalue weighted by Crippen LogP contribution is 2.26. The van der Waals surface area contributed by atoms with Crippen LogP contribution in [0.2, 0.25) is 0 Å². The van der Waals surface area contributed by atoms with E-state index in [9.17, 15) is 4.79 Å². The quantitative estimate of drug-likeness (QED) is 0.708. The third kappa shape index (κ3) is 3.43. The Bertz CT molecular complexity index is 944. The van der Waals surface area contributed by atoms with E-state index in [4.69, 9.17) is 0 Å². The van der Waals surface area contributed by atoms with Crippen LogP contribution in [0.3, 0.4) is 0 Å². The Kier molecular flexibility index (Phi) is 4.85. The average molecular weight is 369 g/mol. The summed E-state index contributed by atoms with van der Waals surface area (Å²) in [4.78, 5) is 12.4. The Morgan fingerprint density at radius 1 is 1.23 bits per heavy atom. The maximum absolute atomic E-state index is 12.4. The minimum atomic E-state index is 0.0859. The molecule has 1 aliphatic carbocycles. The van der Waals surface area contributed by atoms with E-state index >= 15 is 0 Å². The molecule has 0 unspecified atom stereocenters. The van der Waals surface area contributed by atoms with E-state index in [-0.39, 0.29) is 5.91 Å². The zero-order valence-corrected chi connectivity index (χ0v) is 16.1. The van der Waals surface area contributed by atoms with Gasteiger partial charge in [0.05, 0.1) is 11.3 Å². The molecule has 1 saturated carbocycles. The van der Waals surface area contributed by atoms with E-state index in [2.05, 4.69) is 41.5 Å². The van der Waals surface area contributed by atoms with Crippen LogP contribution in [0.1, 0.15) is 38.2 Å². The van der Waals surface area contributed by atoms with Crippen LogP contribution in [0.25, 0.3) is 16.6 Å². The number of nitrogens with one attached hydrogen (secondary N) is 1. The molecule has 0 aliphatic heterocycles. The lowest BCUT2D eigenvalue weighted by atomic mass is 9.87. The minimum Gasteiger partial charge on any atom is -0.353 e. The van der Waals surface area contributed by atoms with Gasteiger partial charge < -0.3 is 5.32 Å². The molecule has 26 heavy (non-hydrogen) atoms. The first-order valence-electron chi connectivity index (χ1n) is 9.27.